The van der Waals surface area contributed by atoms with Crippen molar-refractivity contribution in [2.45, 2.75) is 241 Å². The third kappa shape index (κ3) is 24.4. The molecule has 0 aromatic heterocycles. The van der Waals surface area contributed by atoms with Crippen LogP contribution < -0.4 is 0 Å². The molecule has 0 nitrogen and oxygen atoms in total. The molecule has 0 bridgehead atoms. The second kappa shape index (κ2) is 28.1. The molecule has 0 atom stereocenters. The molecule has 6 aliphatic carbocycles. The molecular weight excluding hydrogens is 553 g/mol. The van der Waals surface area contributed by atoms with Gasteiger partial charge in [0.05, 0.1) is 0 Å². The highest BCUT2D eigenvalue weighted by Gasteiger charge is 2.25. The summed E-state index contributed by atoms with van der Waals surface area (Å²) in [4.78, 5) is 0. The minimum absolute atomic E-state index is 0.570. The lowest BCUT2D eigenvalue weighted by molar-refractivity contribution is 0.180. The van der Waals surface area contributed by atoms with Gasteiger partial charge in [-0.05, 0) is 122 Å². The fourth-order valence-electron chi connectivity index (χ4n) is 7.99. The van der Waals surface area contributed by atoms with Crippen molar-refractivity contribution >= 4 is 0 Å². The van der Waals surface area contributed by atoms with E-state index in [0.717, 1.165) is 11.8 Å². The Bertz CT molecular complexity index is 734. The van der Waals surface area contributed by atoms with Crippen LogP contribution in [0.3, 0.4) is 0 Å². The zero-order chi connectivity index (χ0) is 33.9. The van der Waals surface area contributed by atoms with Gasteiger partial charge in [-0.25, -0.2) is 0 Å². The molecule has 6 rings (SSSR count). The fraction of sp³-hybridized carbons (Fsp3) is 0.870. The van der Waals surface area contributed by atoms with Crippen LogP contribution in [0.5, 0.6) is 0 Å². The molecule has 0 spiro atoms. The molecule has 0 unspecified atom stereocenters. The van der Waals surface area contributed by atoms with E-state index < -0.39 is 0 Å². The normalized spacial score (nSPS) is 22.2. The Hall–Kier alpha value is -0.780. The van der Waals surface area contributed by atoms with Gasteiger partial charge in [0.25, 0.3) is 0 Å². The second-order valence-electron chi connectivity index (χ2n) is 17.2. The molecule has 0 radical (unpaired) electrons. The minimum Gasteiger partial charge on any atom is -0.0999 e. The molecule has 270 valence electrons. The first-order valence-electron chi connectivity index (χ1n) is 21.1. The first kappa shape index (κ1) is 43.2. The van der Waals surface area contributed by atoms with Gasteiger partial charge in [-0.1, -0.05) is 171 Å². The lowest BCUT2D eigenvalue weighted by Crippen LogP contribution is -2.22. The van der Waals surface area contributed by atoms with E-state index in [0.29, 0.717) is 5.41 Å². The molecule has 0 aliphatic heterocycles. The maximum absolute atomic E-state index is 3.98. The van der Waals surface area contributed by atoms with E-state index >= 15 is 0 Å². The Kier molecular flexibility index (Phi) is 26.4. The predicted octanol–water partition coefficient (Wildman–Crippen LogP) is 16.8. The average Bonchev–Trinajstić information content (AvgIpc) is 3.69. The van der Waals surface area contributed by atoms with Crippen LogP contribution in [-0.2, 0) is 0 Å². The number of hydrogen-bond acceptors (Lipinski definition) is 0. The van der Waals surface area contributed by atoms with Crippen molar-refractivity contribution in [1.29, 1.82) is 0 Å². The van der Waals surface area contributed by atoms with Gasteiger partial charge in [0.1, 0.15) is 0 Å². The smallest absolute Gasteiger partial charge is 0.0209 e. The third-order valence-electron chi connectivity index (χ3n) is 11.6. The van der Waals surface area contributed by atoms with E-state index in [1.54, 1.807) is 16.7 Å². The van der Waals surface area contributed by atoms with E-state index in [4.69, 9.17) is 0 Å². The molecule has 0 saturated heterocycles. The third-order valence-corrected chi connectivity index (χ3v) is 11.6. The van der Waals surface area contributed by atoms with Gasteiger partial charge in [0.2, 0.25) is 0 Å². The standard InChI is InChI=1S/C10H20.2C9H16.C7H12.C6H12.C5H10/c1-10(2,3)9-7-5-4-6-8-9;2*1-8(2)9-6-4-3-5-7-9;1-7-5-3-2-4-6-7;1-2-4-6-5-3-1;1-2-4-5-3-1/h9H,4-8H2,1-3H3;3-7H2,1-2H3;9H,1,3-7H2,2H3;5H,2-4,6H2,1H3;1-6H2;1-5H2. The molecule has 0 heteroatoms. The van der Waals surface area contributed by atoms with E-state index in [9.17, 15) is 0 Å². The molecule has 0 amide bonds. The van der Waals surface area contributed by atoms with Crippen molar-refractivity contribution in [3.8, 4) is 0 Å². The van der Waals surface area contributed by atoms with Crippen LogP contribution in [0.25, 0.3) is 0 Å². The summed E-state index contributed by atoms with van der Waals surface area (Å²) in [5.41, 5.74) is 6.84. The highest BCUT2D eigenvalue weighted by Crippen LogP contribution is 2.37. The SMILES string of the molecule is C1CCCC1.C1CCCCC1.C=C(C)C1CCCCC1.CC(C)(C)C1CCCCC1.CC(C)=C1CCCCC1.CC1=CCCCC1. The molecule has 0 heterocycles. The van der Waals surface area contributed by atoms with Crippen molar-refractivity contribution in [3.05, 3.63) is 34.9 Å². The maximum Gasteiger partial charge on any atom is -0.0209 e. The van der Waals surface area contributed by atoms with Crippen molar-refractivity contribution in [2.24, 2.45) is 17.3 Å². The van der Waals surface area contributed by atoms with Gasteiger partial charge < -0.3 is 0 Å². The summed E-state index contributed by atoms with van der Waals surface area (Å²) in [7, 11) is 0. The van der Waals surface area contributed by atoms with E-state index in [1.165, 1.54) is 198 Å². The molecule has 5 saturated carbocycles. The van der Waals surface area contributed by atoms with Crippen molar-refractivity contribution in [1.82, 2.24) is 0 Å². The van der Waals surface area contributed by atoms with Gasteiger partial charge in [-0.15, -0.1) is 0 Å². The van der Waals surface area contributed by atoms with Crippen LogP contribution in [-0.4, -0.2) is 0 Å². The Labute approximate surface area is 292 Å². The summed E-state index contributed by atoms with van der Waals surface area (Å²) in [5, 5.41) is 0. The predicted molar refractivity (Wildman–Crippen MR) is 212 cm³/mol. The maximum atomic E-state index is 3.98. The lowest BCUT2D eigenvalue weighted by atomic mass is 9.72. The molecule has 0 aromatic carbocycles. The topological polar surface area (TPSA) is 0 Å². The molecular formula is C46H86. The Balaban J connectivity index is 0.000000280. The van der Waals surface area contributed by atoms with Crippen molar-refractivity contribution in [2.75, 3.05) is 0 Å². The number of rotatable bonds is 1. The Morgan fingerprint density at radius 2 is 0.891 bits per heavy atom. The summed E-state index contributed by atoms with van der Waals surface area (Å²) < 4.78 is 0. The molecule has 0 aromatic rings. The van der Waals surface area contributed by atoms with Gasteiger partial charge in [-0.3, -0.25) is 0 Å². The average molecular weight is 639 g/mol. The fourth-order valence-corrected chi connectivity index (χ4v) is 7.99. The summed E-state index contributed by atoms with van der Waals surface area (Å²) in [6.45, 7) is 20.0. The quantitative estimate of drug-likeness (QED) is 0.251. The summed E-state index contributed by atoms with van der Waals surface area (Å²) in [5.74, 6) is 1.86. The molecule has 6 aliphatic rings. The zero-order valence-electron chi connectivity index (χ0n) is 33.2. The highest BCUT2D eigenvalue weighted by atomic mass is 14.3. The Morgan fingerprint density at radius 3 is 1.13 bits per heavy atom. The summed E-state index contributed by atoms with van der Waals surface area (Å²) in [6.07, 6.45) is 45.9. The van der Waals surface area contributed by atoms with E-state index in [-0.39, 0.29) is 0 Å². The van der Waals surface area contributed by atoms with Crippen LogP contribution in [0.2, 0.25) is 0 Å². The van der Waals surface area contributed by atoms with Gasteiger partial charge in [0.15, 0.2) is 0 Å². The first-order valence-corrected chi connectivity index (χ1v) is 21.1. The van der Waals surface area contributed by atoms with Gasteiger partial charge in [0, 0.05) is 0 Å². The van der Waals surface area contributed by atoms with Crippen LogP contribution in [0.4, 0.5) is 0 Å². The van der Waals surface area contributed by atoms with Crippen molar-refractivity contribution in [3.63, 3.8) is 0 Å². The van der Waals surface area contributed by atoms with E-state index in [2.05, 4.69) is 61.1 Å². The number of allylic oxidation sites excluding steroid dienone is 5. The van der Waals surface area contributed by atoms with E-state index in [1.807, 2.05) is 0 Å². The largest absolute Gasteiger partial charge is 0.0999 e. The number of hydrogen-bond donors (Lipinski definition) is 0. The zero-order valence-corrected chi connectivity index (χ0v) is 33.2. The van der Waals surface area contributed by atoms with Crippen molar-refractivity contribution < 1.29 is 0 Å². The van der Waals surface area contributed by atoms with Crippen LogP contribution in [0.1, 0.15) is 241 Å². The molecule has 0 N–H and O–H groups in total. The first-order chi connectivity index (χ1) is 22.1. The molecule has 5 fully saturated rings. The monoisotopic (exact) mass is 639 g/mol. The summed E-state index contributed by atoms with van der Waals surface area (Å²) >= 11 is 0. The second-order valence-corrected chi connectivity index (χ2v) is 17.2. The summed E-state index contributed by atoms with van der Waals surface area (Å²) in [6, 6.07) is 0. The van der Waals surface area contributed by atoms with Crippen LogP contribution >= 0.6 is 0 Å². The van der Waals surface area contributed by atoms with Gasteiger partial charge in [-0.2, -0.15) is 0 Å². The molecule has 46 heavy (non-hydrogen) atoms. The Morgan fingerprint density at radius 1 is 0.522 bits per heavy atom. The lowest BCUT2D eigenvalue weighted by Gasteiger charge is -2.33. The highest BCUT2D eigenvalue weighted by molar-refractivity contribution is 5.11. The minimum atomic E-state index is 0.570. The van der Waals surface area contributed by atoms with Crippen LogP contribution in [0.15, 0.2) is 34.9 Å². The van der Waals surface area contributed by atoms with Crippen LogP contribution in [0, 0.1) is 17.3 Å². The van der Waals surface area contributed by atoms with Gasteiger partial charge >= 0.3 is 0 Å².